The third-order valence-electron chi connectivity index (χ3n) is 4.97. The van der Waals surface area contributed by atoms with Gasteiger partial charge in [0.25, 0.3) is 0 Å². The molecule has 0 saturated heterocycles. The Labute approximate surface area is 140 Å². The molecule has 0 N–H and O–H groups in total. The molecule has 0 unspecified atom stereocenters. The largest absolute Gasteiger partial charge is 0.497 e. The van der Waals surface area contributed by atoms with Crippen molar-refractivity contribution in [2.75, 3.05) is 14.2 Å². The molecule has 2 heteroatoms. The van der Waals surface area contributed by atoms with Crippen LogP contribution in [0.25, 0.3) is 43.8 Å². The van der Waals surface area contributed by atoms with E-state index in [-0.39, 0.29) is 0 Å². The molecular weight excluding hydrogens is 296 g/mol. The molecule has 5 rings (SSSR count). The van der Waals surface area contributed by atoms with Crippen LogP contribution in [0.5, 0.6) is 11.5 Å². The second-order valence-corrected chi connectivity index (χ2v) is 6.15. The van der Waals surface area contributed by atoms with E-state index in [1.807, 2.05) is 6.07 Å². The first-order valence-electron chi connectivity index (χ1n) is 8.02. The molecule has 0 atom stereocenters. The first-order chi connectivity index (χ1) is 11.8. The van der Waals surface area contributed by atoms with Gasteiger partial charge in [-0.15, -0.1) is 0 Å². The lowest BCUT2D eigenvalue weighted by molar-refractivity contribution is 0.415. The Morgan fingerprint density at radius 3 is 2.29 bits per heavy atom. The maximum atomic E-state index is 5.50. The summed E-state index contributed by atoms with van der Waals surface area (Å²) in [5, 5.41) is 5.00. The predicted octanol–water partition coefficient (Wildman–Crippen LogP) is 5.66. The van der Waals surface area contributed by atoms with E-state index < -0.39 is 0 Å². The van der Waals surface area contributed by atoms with E-state index >= 15 is 0 Å². The molecule has 0 saturated carbocycles. The zero-order valence-electron chi connectivity index (χ0n) is 13.6. The summed E-state index contributed by atoms with van der Waals surface area (Å²) in [6, 6.07) is 21.4. The number of rotatable bonds is 2. The maximum Gasteiger partial charge on any atom is 0.120 e. The summed E-state index contributed by atoms with van der Waals surface area (Å²) >= 11 is 0. The van der Waals surface area contributed by atoms with Crippen molar-refractivity contribution in [3.05, 3.63) is 60.7 Å². The minimum Gasteiger partial charge on any atom is -0.497 e. The van der Waals surface area contributed by atoms with Crippen LogP contribution in [0, 0.1) is 0 Å². The van der Waals surface area contributed by atoms with Crippen molar-refractivity contribution in [1.82, 2.24) is 0 Å². The van der Waals surface area contributed by atoms with Crippen molar-refractivity contribution in [2.24, 2.45) is 0 Å². The van der Waals surface area contributed by atoms with Crippen LogP contribution in [0.2, 0.25) is 0 Å². The average Bonchev–Trinajstić information content (AvgIpc) is 2.97. The molecule has 0 spiro atoms. The summed E-state index contributed by atoms with van der Waals surface area (Å²) in [6.45, 7) is 0. The molecule has 0 heterocycles. The topological polar surface area (TPSA) is 18.5 Å². The van der Waals surface area contributed by atoms with Crippen LogP contribution in [0.3, 0.4) is 0 Å². The Bertz CT molecular complexity index is 1130. The van der Waals surface area contributed by atoms with Crippen LogP contribution in [0.15, 0.2) is 60.7 Å². The minimum absolute atomic E-state index is 0.887. The molecule has 116 valence electrons. The smallest absolute Gasteiger partial charge is 0.120 e. The van der Waals surface area contributed by atoms with Gasteiger partial charge in [0.15, 0.2) is 0 Å². The highest BCUT2D eigenvalue weighted by Gasteiger charge is 2.24. The Hall–Kier alpha value is -3.00. The quantitative estimate of drug-likeness (QED) is 0.419. The third kappa shape index (κ3) is 1.65. The highest BCUT2D eigenvalue weighted by atomic mass is 16.5. The molecule has 0 aromatic heterocycles. The van der Waals surface area contributed by atoms with Gasteiger partial charge in [0.1, 0.15) is 11.5 Å². The molecule has 0 aliphatic heterocycles. The molecule has 4 aromatic rings. The molecule has 24 heavy (non-hydrogen) atoms. The van der Waals surface area contributed by atoms with Gasteiger partial charge in [-0.2, -0.15) is 0 Å². The highest BCUT2D eigenvalue weighted by molar-refractivity contribution is 6.21. The number of hydrogen-bond acceptors (Lipinski definition) is 2. The normalized spacial score (nSPS) is 11.8. The van der Waals surface area contributed by atoms with Gasteiger partial charge in [0, 0.05) is 0 Å². The number of fused-ring (bicyclic) bond motifs is 5. The minimum atomic E-state index is 0.887. The van der Waals surface area contributed by atoms with Gasteiger partial charge < -0.3 is 9.47 Å². The van der Waals surface area contributed by atoms with E-state index in [2.05, 4.69) is 54.6 Å². The van der Waals surface area contributed by atoms with Crippen LogP contribution in [-0.2, 0) is 0 Å². The summed E-state index contributed by atoms with van der Waals surface area (Å²) in [6.07, 6.45) is 0. The zero-order chi connectivity index (χ0) is 16.3. The molecule has 1 aliphatic rings. The van der Waals surface area contributed by atoms with Crippen molar-refractivity contribution >= 4 is 21.5 Å². The van der Waals surface area contributed by atoms with E-state index in [1.54, 1.807) is 14.2 Å². The first-order valence-corrected chi connectivity index (χ1v) is 8.02. The SMILES string of the molecule is COc1ccc2c3c(ccc2c1)-c1cc(OC)cc2cccc-3c12. The molecule has 0 bridgehead atoms. The fraction of sp³-hybridized carbons (Fsp3) is 0.0909. The Morgan fingerprint density at radius 2 is 1.46 bits per heavy atom. The van der Waals surface area contributed by atoms with Crippen molar-refractivity contribution in [3.63, 3.8) is 0 Å². The van der Waals surface area contributed by atoms with E-state index in [0.717, 1.165) is 11.5 Å². The Kier molecular flexibility index (Phi) is 2.66. The zero-order valence-corrected chi connectivity index (χ0v) is 13.6. The molecule has 0 radical (unpaired) electrons. The van der Waals surface area contributed by atoms with Crippen LogP contribution >= 0.6 is 0 Å². The van der Waals surface area contributed by atoms with Gasteiger partial charge in [-0.05, 0) is 68.1 Å². The van der Waals surface area contributed by atoms with Gasteiger partial charge in [0.2, 0.25) is 0 Å². The molecule has 1 aliphatic carbocycles. The van der Waals surface area contributed by atoms with Gasteiger partial charge in [0.05, 0.1) is 14.2 Å². The fourth-order valence-corrected chi connectivity index (χ4v) is 3.89. The second-order valence-electron chi connectivity index (χ2n) is 6.15. The highest BCUT2D eigenvalue weighted by Crippen LogP contribution is 2.51. The standard InChI is InChI=1S/C22H16O2/c1-23-15-7-9-17-13(10-15)6-8-18-20-12-16(24-2)11-14-4-3-5-19(21(14)20)22(17)18/h3-12H,1-2H3. The monoisotopic (exact) mass is 312 g/mol. The molecule has 0 amide bonds. The first kappa shape index (κ1) is 13.4. The molecule has 2 nitrogen and oxygen atoms in total. The van der Waals surface area contributed by atoms with Crippen molar-refractivity contribution < 1.29 is 9.47 Å². The van der Waals surface area contributed by atoms with E-state index in [4.69, 9.17) is 9.47 Å². The predicted molar refractivity (Wildman–Crippen MR) is 99.0 cm³/mol. The summed E-state index contributed by atoms with van der Waals surface area (Å²) in [4.78, 5) is 0. The number of methoxy groups -OCH3 is 2. The lowest BCUT2D eigenvalue weighted by Gasteiger charge is -2.09. The van der Waals surface area contributed by atoms with Gasteiger partial charge in [-0.1, -0.05) is 36.4 Å². The van der Waals surface area contributed by atoms with Crippen LogP contribution in [0.1, 0.15) is 0 Å². The number of benzene rings is 4. The molecular formula is C22H16O2. The van der Waals surface area contributed by atoms with E-state index in [1.165, 1.54) is 43.8 Å². The lowest BCUT2D eigenvalue weighted by atomic mass is 9.96. The summed E-state index contributed by atoms with van der Waals surface area (Å²) in [5.41, 5.74) is 5.14. The van der Waals surface area contributed by atoms with E-state index in [0.29, 0.717) is 0 Å². The van der Waals surface area contributed by atoms with E-state index in [9.17, 15) is 0 Å². The van der Waals surface area contributed by atoms with Gasteiger partial charge in [-0.25, -0.2) is 0 Å². The fourth-order valence-electron chi connectivity index (χ4n) is 3.89. The maximum absolute atomic E-state index is 5.50. The summed E-state index contributed by atoms with van der Waals surface area (Å²) in [5.74, 6) is 1.79. The lowest BCUT2D eigenvalue weighted by Crippen LogP contribution is -1.85. The van der Waals surface area contributed by atoms with Crippen molar-refractivity contribution in [2.45, 2.75) is 0 Å². The number of ether oxygens (including phenoxy) is 2. The average molecular weight is 312 g/mol. The second kappa shape index (κ2) is 4.75. The molecule has 0 fully saturated rings. The summed E-state index contributed by atoms with van der Waals surface area (Å²) < 4.78 is 10.9. The van der Waals surface area contributed by atoms with Crippen molar-refractivity contribution in [3.8, 4) is 33.8 Å². The van der Waals surface area contributed by atoms with Crippen LogP contribution < -0.4 is 9.47 Å². The van der Waals surface area contributed by atoms with Gasteiger partial charge >= 0.3 is 0 Å². The van der Waals surface area contributed by atoms with Crippen LogP contribution in [-0.4, -0.2) is 14.2 Å². The Morgan fingerprint density at radius 1 is 0.625 bits per heavy atom. The van der Waals surface area contributed by atoms with Gasteiger partial charge in [-0.3, -0.25) is 0 Å². The third-order valence-corrected chi connectivity index (χ3v) is 4.97. The number of hydrogen-bond donors (Lipinski definition) is 0. The summed E-state index contributed by atoms with van der Waals surface area (Å²) in [7, 11) is 3.43. The van der Waals surface area contributed by atoms with Crippen LogP contribution in [0.4, 0.5) is 0 Å². The van der Waals surface area contributed by atoms with Crippen molar-refractivity contribution in [1.29, 1.82) is 0 Å². The Balaban J connectivity index is 1.93. The molecule has 4 aromatic carbocycles.